The Morgan fingerprint density at radius 1 is 0.343 bits per heavy atom. The molecule has 5 aromatic rings. The van der Waals surface area contributed by atoms with Crippen molar-refractivity contribution < 1.29 is 0 Å². The van der Waals surface area contributed by atoms with Crippen molar-refractivity contribution in [3.63, 3.8) is 0 Å². The van der Waals surface area contributed by atoms with Crippen molar-refractivity contribution >= 4 is 0 Å². The summed E-state index contributed by atoms with van der Waals surface area (Å²) in [4.78, 5) is 0. The molecule has 35 heavy (non-hydrogen) atoms. The lowest BCUT2D eigenvalue weighted by atomic mass is 9.75. The first-order chi connectivity index (χ1) is 17.4. The molecule has 0 unspecified atom stereocenters. The molecule has 166 valence electrons. The third-order valence-corrected chi connectivity index (χ3v) is 7.65. The Kier molecular flexibility index (Phi) is 4.77. The molecule has 0 saturated heterocycles. The van der Waals surface area contributed by atoms with Crippen LogP contribution in [0.2, 0.25) is 0 Å². The van der Waals surface area contributed by atoms with Crippen LogP contribution in [0.25, 0.3) is 44.5 Å². The summed E-state index contributed by atoms with van der Waals surface area (Å²) in [6.45, 7) is 0. The van der Waals surface area contributed by atoms with Crippen LogP contribution in [-0.4, -0.2) is 0 Å². The van der Waals surface area contributed by atoms with Gasteiger partial charge in [0.25, 0.3) is 0 Å². The highest BCUT2D eigenvalue weighted by Crippen LogP contribution is 2.60. The van der Waals surface area contributed by atoms with Gasteiger partial charge in [0.15, 0.2) is 0 Å². The SMILES string of the molecule is C1=C[C@H]2C[C@@H]1c1c(-c3ccccc3)c(-c3ccccc3)c(-c3ccccc3)c(-c3ccccc3)c12. The molecule has 2 bridgehead atoms. The minimum atomic E-state index is 0.472. The molecule has 0 heterocycles. The summed E-state index contributed by atoms with van der Waals surface area (Å²) in [5.74, 6) is 0.944. The predicted molar refractivity (Wildman–Crippen MR) is 147 cm³/mol. The van der Waals surface area contributed by atoms with Crippen molar-refractivity contribution in [2.75, 3.05) is 0 Å². The van der Waals surface area contributed by atoms with E-state index in [1.165, 1.54) is 62.1 Å². The third-order valence-electron chi connectivity index (χ3n) is 7.65. The molecule has 0 aliphatic heterocycles. The van der Waals surface area contributed by atoms with Crippen molar-refractivity contribution in [1.82, 2.24) is 0 Å². The van der Waals surface area contributed by atoms with Gasteiger partial charge in [0.05, 0.1) is 0 Å². The maximum Gasteiger partial charge on any atom is 0.00365 e. The van der Waals surface area contributed by atoms with E-state index >= 15 is 0 Å². The lowest BCUT2D eigenvalue weighted by Gasteiger charge is -2.28. The lowest BCUT2D eigenvalue weighted by Crippen LogP contribution is -2.05. The van der Waals surface area contributed by atoms with Crippen molar-refractivity contribution in [2.45, 2.75) is 18.3 Å². The number of hydrogen-bond donors (Lipinski definition) is 0. The van der Waals surface area contributed by atoms with Gasteiger partial charge in [-0.25, -0.2) is 0 Å². The van der Waals surface area contributed by atoms with E-state index in [4.69, 9.17) is 0 Å². The number of hydrogen-bond acceptors (Lipinski definition) is 0. The summed E-state index contributed by atoms with van der Waals surface area (Å²) in [7, 11) is 0. The Bertz CT molecular complexity index is 1410. The highest BCUT2D eigenvalue weighted by molar-refractivity contribution is 6.05. The second kappa shape index (κ2) is 8.25. The Morgan fingerprint density at radius 2 is 0.629 bits per heavy atom. The van der Waals surface area contributed by atoms with Gasteiger partial charge in [0.1, 0.15) is 0 Å². The molecule has 0 radical (unpaired) electrons. The van der Waals surface area contributed by atoms with E-state index in [9.17, 15) is 0 Å². The Hall–Kier alpha value is -4.16. The van der Waals surface area contributed by atoms with Gasteiger partial charge < -0.3 is 0 Å². The maximum absolute atomic E-state index is 2.45. The fourth-order valence-corrected chi connectivity index (χ4v) is 6.28. The first kappa shape index (κ1) is 20.2. The van der Waals surface area contributed by atoms with Crippen LogP contribution in [0.5, 0.6) is 0 Å². The van der Waals surface area contributed by atoms with Gasteiger partial charge in [-0.1, -0.05) is 133 Å². The van der Waals surface area contributed by atoms with E-state index in [-0.39, 0.29) is 0 Å². The van der Waals surface area contributed by atoms with Gasteiger partial charge in [-0.3, -0.25) is 0 Å². The number of allylic oxidation sites excluding steroid dienone is 2. The number of fused-ring (bicyclic) bond motifs is 5. The Labute approximate surface area is 207 Å². The summed E-state index contributed by atoms with van der Waals surface area (Å²) in [6, 6.07) is 44.1. The quantitative estimate of drug-likeness (QED) is 0.241. The highest BCUT2D eigenvalue weighted by Gasteiger charge is 2.40. The van der Waals surface area contributed by atoms with Crippen molar-refractivity contribution in [3.05, 3.63) is 145 Å². The molecule has 0 spiro atoms. The average molecular weight is 447 g/mol. The molecule has 0 N–H and O–H groups in total. The minimum Gasteiger partial charge on any atom is -0.0803 e. The fraction of sp³-hybridized carbons (Fsp3) is 0.0857. The lowest BCUT2D eigenvalue weighted by molar-refractivity contribution is 0.805. The molecule has 0 heteroatoms. The van der Waals surface area contributed by atoms with Crippen LogP contribution in [0.4, 0.5) is 0 Å². The smallest absolute Gasteiger partial charge is 0.00365 e. The molecule has 0 amide bonds. The molecule has 2 atom stereocenters. The molecule has 0 fully saturated rings. The van der Waals surface area contributed by atoms with Gasteiger partial charge in [-0.05, 0) is 62.1 Å². The normalized spacial score (nSPS) is 17.5. The van der Waals surface area contributed by atoms with Crippen LogP contribution in [0.3, 0.4) is 0 Å². The van der Waals surface area contributed by atoms with Crippen LogP contribution in [0.15, 0.2) is 133 Å². The summed E-state index contributed by atoms with van der Waals surface area (Å²) < 4.78 is 0. The minimum absolute atomic E-state index is 0.472. The average Bonchev–Trinajstić information content (AvgIpc) is 3.57. The third kappa shape index (κ3) is 3.21. The largest absolute Gasteiger partial charge is 0.0803 e. The monoisotopic (exact) mass is 446 g/mol. The van der Waals surface area contributed by atoms with Crippen LogP contribution in [0.1, 0.15) is 29.4 Å². The molecular weight excluding hydrogens is 420 g/mol. The Morgan fingerprint density at radius 3 is 0.943 bits per heavy atom. The maximum atomic E-state index is 2.45. The number of benzene rings is 5. The molecule has 0 saturated carbocycles. The molecule has 2 aliphatic rings. The van der Waals surface area contributed by atoms with Crippen LogP contribution in [-0.2, 0) is 0 Å². The molecule has 7 rings (SSSR count). The zero-order valence-electron chi connectivity index (χ0n) is 19.6. The zero-order valence-corrected chi connectivity index (χ0v) is 19.6. The first-order valence-corrected chi connectivity index (χ1v) is 12.5. The van der Waals surface area contributed by atoms with Crippen LogP contribution in [0, 0.1) is 0 Å². The molecule has 2 aliphatic carbocycles. The van der Waals surface area contributed by atoms with Gasteiger partial charge in [-0.2, -0.15) is 0 Å². The summed E-state index contributed by atoms with van der Waals surface area (Å²) in [6.07, 6.45) is 6.08. The standard InChI is InChI=1S/C35H26/c1-5-13-24(14-6-1)30-31(25-15-7-2-8-16-25)33(27-19-11-4-12-20-27)35-29-22-21-28(23-29)34(35)32(30)26-17-9-3-10-18-26/h1-22,28-29H,23H2/t28-,29+. The van der Waals surface area contributed by atoms with E-state index in [1.807, 2.05) is 0 Å². The van der Waals surface area contributed by atoms with Gasteiger partial charge in [0, 0.05) is 11.8 Å². The van der Waals surface area contributed by atoms with Crippen LogP contribution < -0.4 is 0 Å². The van der Waals surface area contributed by atoms with Crippen molar-refractivity contribution in [2.24, 2.45) is 0 Å². The molecule has 5 aromatic carbocycles. The highest BCUT2D eigenvalue weighted by atomic mass is 14.4. The topological polar surface area (TPSA) is 0 Å². The van der Waals surface area contributed by atoms with Crippen LogP contribution >= 0.6 is 0 Å². The second-order valence-electron chi connectivity index (χ2n) is 9.63. The van der Waals surface area contributed by atoms with E-state index in [1.54, 1.807) is 0 Å². The van der Waals surface area contributed by atoms with E-state index in [0.717, 1.165) is 0 Å². The van der Waals surface area contributed by atoms with E-state index in [0.29, 0.717) is 11.8 Å². The predicted octanol–water partition coefficient (Wildman–Crippen LogP) is 9.50. The molecular formula is C35H26. The fourth-order valence-electron chi connectivity index (χ4n) is 6.28. The molecule has 0 aromatic heterocycles. The van der Waals surface area contributed by atoms with Gasteiger partial charge >= 0.3 is 0 Å². The number of rotatable bonds is 4. The summed E-state index contributed by atoms with van der Waals surface area (Å²) >= 11 is 0. The summed E-state index contributed by atoms with van der Waals surface area (Å²) in [5.41, 5.74) is 13.7. The zero-order chi connectivity index (χ0) is 23.2. The van der Waals surface area contributed by atoms with E-state index in [2.05, 4.69) is 133 Å². The first-order valence-electron chi connectivity index (χ1n) is 12.5. The second-order valence-corrected chi connectivity index (χ2v) is 9.63. The van der Waals surface area contributed by atoms with E-state index < -0.39 is 0 Å². The molecule has 0 nitrogen and oxygen atoms in total. The van der Waals surface area contributed by atoms with Gasteiger partial charge in [-0.15, -0.1) is 0 Å². The summed E-state index contributed by atoms with van der Waals surface area (Å²) in [5, 5.41) is 0. The van der Waals surface area contributed by atoms with Crippen molar-refractivity contribution in [1.29, 1.82) is 0 Å². The van der Waals surface area contributed by atoms with Crippen molar-refractivity contribution in [3.8, 4) is 44.5 Å². The van der Waals surface area contributed by atoms with Gasteiger partial charge in [0.2, 0.25) is 0 Å². The Balaban J connectivity index is 1.72.